The third-order valence-corrected chi connectivity index (χ3v) is 2.86. The standard InChI is InChI=1S/C13H25N3O3/c1-9(2)18-8-13(4,14)12-15-11(19-16-12)7-6-10(3)17-5/h9-10H,6-8,14H2,1-5H3. The van der Waals surface area contributed by atoms with Crippen LogP contribution in [0.2, 0.25) is 0 Å². The van der Waals surface area contributed by atoms with Crippen molar-refractivity contribution in [2.75, 3.05) is 13.7 Å². The van der Waals surface area contributed by atoms with Gasteiger partial charge in [0.2, 0.25) is 5.89 Å². The van der Waals surface area contributed by atoms with Crippen LogP contribution in [0.25, 0.3) is 0 Å². The molecule has 1 aromatic rings. The van der Waals surface area contributed by atoms with Crippen LogP contribution in [0.1, 0.15) is 45.8 Å². The van der Waals surface area contributed by atoms with E-state index in [2.05, 4.69) is 10.1 Å². The lowest BCUT2D eigenvalue weighted by Crippen LogP contribution is -2.40. The van der Waals surface area contributed by atoms with Gasteiger partial charge in [-0.1, -0.05) is 5.16 Å². The summed E-state index contributed by atoms with van der Waals surface area (Å²) >= 11 is 0. The first-order valence-corrected chi connectivity index (χ1v) is 6.61. The van der Waals surface area contributed by atoms with Gasteiger partial charge in [0, 0.05) is 13.5 Å². The number of hydrogen-bond donors (Lipinski definition) is 1. The molecule has 0 bridgehead atoms. The molecule has 0 spiro atoms. The van der Waals surface area contributed by atoms with Gasteiger partial charge in [-0.2, -0.15) is 4.98 Å². The quantitative estimate of drug-likeness (QED) is 0.773. The van der Waals surface area contributed by atoms with Gasteiger partial charge < -0.3 is 19.7 Å². The van der Waals surface area contributed by atoms with E-state index in [0.29, 0.717) is 24.7 Å². The lowest BCUT2D eigenvalue weighted by molar-refractivity contribution is 0.0410. The maximum atomic E-state index is 6.15. The number of nitrogens with two attached hydrogens (primary N) is 1. The third-order valence-electron chi connectivity index (χ3n) is 2.86. The Kier molecular flexibility index (Phi) is 5.90. The molecule has 0 amide bonds. The Morgan fingerprint density at radius 3 is 2.63 bits per heavy atom. The molecule has 1 rings (SSSR count). The van der Waals surface area contributed by atoms with Crippen molar-refractivity contribution in [1.29, 1.82) is 0 Å². The van der Waals surface area contributed by atoms with E-state index in [-0.39, 0.29) is 12.2 Å². The fraction of sp³-hybridized carbons (Fsp3) is 0.846. The summed E-state index contributed by atoms with van der Waals surface area (Å²) < 4.78 is 15.9. The van der Waals surface area contributed by atoms with Gasteiger partial charge in [-0.3, -0.25) is 0 Å². The molecular formula is C13H25N3O3. The monoisotopic (exact) mass is 271 g/mol. The van der Waals surface area contributed by atoms with Crippen molar-refractivity contribution in [3.8, 4) is 0 Å². The molecule has 0 aliphatic carbocycles. The fourth-order valence-corrected chi connectivity index (χ4v) is 1.44. The minimum atomic E-state index is -0.737. The van der Waals surface area contributed by atoms with Gasteiger partial charge in [-0.05, 0) is 34.1 Å². The van der Waals surface area contributed by atoms with Crippen molar-refractivity contribution in [2.24, 2.45) is 5.73 Å². The van der Waals surface area contributed by atoms with Crippen molar-refractivity contribution in [2.45, 2.75) is 58.3 Å². The SMILES string of the molecule is COC(C)CCc1nc(C(C)(N)COC(C)C)no1. The average Bonchev–Trinajstić information content (AvgIpc) is 2.83. The van der Waals surface area contributed by atoms with Gasteiger partial charge in [0.15, 0.2) is 5.82 Å². The first-order valence-electron chi connectivity index (χ1n) is 6.61. The molecule has 0 aromatic carbocycles. The van der Waals surface area contributed by atoms with Crippen LogP contribution in [-0.4, -0.2) is 36.1 Å². The normalized spacial score (nSPS) is 16.6. The molecule has 1 heterocycles. The van der Waals surface area contributed by atoms with E-state index in [1.807, 2.05) is 27.7 Å². The predicted octanol–water partition coefficient (Wildman–Crippen LogP) is 1.64. The summed E-state index contributed by atoms with van der Waals surface area (Å²) in [6, 6.07) is 0. The summed E-state index contributed by atoms with van der Waals surface area (Å²) in [6.07, 6.45) is 1.81. The van der Waals surface area contributed by atoms with Crippen LogP contribution in [0, 0.1) is 0 Å². The van der Waals surface area contributed by atoms with Crippen molar-refractivity contribution >= 4 is 0 Å². The third kappa shape index (κ3) is 5.26. The van der Waals surface area contributed by atoms with E-state index in [4.69, 9.17) is 19.7 Å². The Bertz CT molecular complexity index is 377. The van der Waals surface area contributed by atoms with E-state index < -0.39 is 5.54 Å². The predicted molar refractivity (Wildman–Crippen MR) is 71.7 cm³/mol. The molecule has 2 atom stereocenters. The van der Waals surface area contributed by atoms with Gasteiger partial charge in [-0.25, -0.2) is 0 Å². The summed E-state index contributed by atoms with van der Waals surface area (Å²) in [5.74, 6) is 1.06. The lowest BCUT2D eigenvalue weighted by atomic mass is 10.1. The Morgan fingerprint density at radius 1 is 1.37 bits per heavy atom. The number of nitrogens with zero attached hydrogens (tertiary/aromatic N) is 2. The second-order valence-electron chi connectivity index (χ2n) is 5.37. The van der Waals surface area contributed by atoms with Crippen LogP contribution in [-0.2, 0) is 21.4 Å². The molecule has 0 saturated carbocycles. The molecule has 19 heavy (non-hydrogen) atoms. The summed E-state index contributed by atoms with van der Waals surface area (Å²) in [4.78, 5) is 4.33. The Morgan fingerprint density at radius 2 is 2.05 bits per heavy atom. The molecule has 0 radical (unpaired) electrons. The number of ether oxygens (including phenoxy) is 2. The first kappa shape index (κ1) is 16.1. The van der Waals surface area contributed by atoms with Crippen LogP contribution in [0.5, 0.6) is 0 Å². The van der Waals surface area contributed by atoms with Crippen LogP contribution in [0.3, 0.4) is 0 Å². The highest BCUT2D eigenvalue weighted by Gasteiger charge is 2.28. The lowest BCUT2D eigenvalue weighted by Gasteiger charge is -2.21. The second-order valence-corrected chi connectivity index (χ2v) is 5.37. The van der Waals surface area contributed by atoms with Gasteiger partial charge in [0.25, 0.3) is 0 Å². The van der Waals surface area contributed by atoms with E-state index >= 15 is 0 Å². The van der Waals surface area contributed by atoms with Crippen LogP contribution in [0.4, 0.5) is 0 Å². The number of rotatable bonds is 8. The zero-order valence-electron chi connectivity index (χ0n) is 12.5. The molecule has 2 unspecified atom stereocenters. The van der Waals surface area contributed by atoms with E-state index in [9.17, 15) is 0 Å². The molecule has 0 saturated heterocycles. The molecule has 110 valence electrons. The van der Waals surface area contributed by atoms with Crippen LogP contribution >= 0.6 is 0 Å². The number of aromatic nitrogens is 2. The van der Waals surface area contributed by atoms with Gasteiger partial charge >= 0.3 is 0 Å². The van der Waals surface area contributed by atoms with Gasteiger partial charge in [0.1, 0.15) is 5.54 Å². The van der Waals surface area contributed by atoms with Crippen LogP contribution in [0.15, 0.2) is 4.52 Å². The molecular weight excluding hydrogens is 246 g/mol. The minimum Gasteiger partial charge on any atom is -0.382 e. The topological polar surface area (TPSA) is 83.4 Å². The van der Waals surface area contributed by atoms with Crippen molar-refractivity contribution in [1.82, 2.24) is 10.1 Å². The molecule has 6 nitrogen and oxygen atoms in total. The van der Waals surface area contributed by atoms with Crippen molar-refractivity contribution < 1.29 is 14.0 Å². The summed E-state index contributed by atoms with van der Waals surface area (Å²) in [7, 11) is 1.68. The Labute approximate surface area is 114 Å². The molecule has 6 heteroatoms. The Hall–Kier alpha value is -0.980. The molecule has 2 N–H and O–H groups in total. The van der Waals surface area contributed by atoms with Crippen molar-refractivity contribution in [3.63, 3.8) is 0 Å². The highest BCUT2D eigenvalue weighted by atomic mass is 16.5. The average molecular weight is 271 g/mol. The Balaban J connectivity index is 2.57. The van der Waals surface area contributed by atoms with Gasteiger partial charge in [-0.15, -0.1) is 0 Å². The van der Waals surface area contributed by atoms with E-state index in [0.717, 1.165) is 6.42 Å². The molecule has 0 aliphatic rings. The maximum absolute atomic E-state index is 6.15. The van der Waals surface area contributed by atoms with Crippen LogP contribution < -0.4 is 5.73 Å². The smallest absolute Gasteiger partial charge is 0.226 e. The van der Waals surface area contributed by atoms with E-state index in [1.165, 1.54) is 0 Å². The summed E-state index contributed by atoms with van der Waals surface area (Å²) in [5, 5.41) is 3.94. The first-order chi connectivity index (χ1) is 8.85. The minimum absolute atomic E-state index is 0.122. The molecule has 0 aliphatic heterocycles. The van der Waals surface area contributed by atoms with E-state index in [1.54, 1.807) is 7.11 Å². The summed E-state index contributed by atoms with van der Waals surface area (Å²) in [5.41, 5.74) is 5.41. The fourth-order valence-electron chi connectivity index (χ4n) is 1.44. The largest absolute Gasteiger partial charge is 0.382 e. The molecule has 0 fully saturated rings. The zero-order valence-corrected chi connectivity index (χ0v) is 12.5. The molecule has 1 aromatic heterocycles. The number of aryl methyl sites for hydroxylation is 1. The number of hydrogen-bond acceptors (Lipinski definition) is 6. The maximum Gasteiger partial charge on any atom is 0.226 e. The second kappa shape index (κ2) is 6.98. The summed E-state index contributed by atoms with van der Waals surface area (Å²) in [6.45, 7) is 8.12. The number of methoxy groups -OCH3 is 1. The van der Waals surface area contributed by atoms with Crippen molar-refractivity contribution in [3.05, 3.63) is 11.7 Å². The highest BCUT2D eigenvalue weighted by Crippen LogP contribution is 2.16. The van der Waals surface area contributed by atoms with Gasteiger partial charge in [0.05, 0.1) is 18.8 Å². The highest BCUT2D eigenvalue weighted by molar-refractivity contribution is 5.02. The zero-order chi connectivity index (χ0) is 14.5.